The van der Waals surface area contributed by atoms with Crippen LogP contribution in [0.25, 0.3) is 0 Å². The van der Waals surface area contributed by atoms with E-state index in [2.05, 4.69) is 10.2 Å². The Labute approximate surface area is 124 Å². The van der Waals surface area contributed by atoms with E-state index < -0.39 is 0 Å². The zero-order valence-corrected chi connectivity index (χ0v) is 13.0. The number of nitrogens with two attached hydrogens (primary N) is 1. The number of thiocarbonyl (C=S) groups is 1. The van der Waals surface area contributed by atoms with Gasteiger partial charge < -0.3 is 19.9 Å². The Hall–Kier alpha value is -1.31. The first-order chi connectivity index (χ1) is 9.57. The lowest BCUT2D eigenvalue weighted by Gasteiger charge is -2.12. The van der Waals surface area contributed by atoms with Gasteiger partial charge in [-0.1, -0.05) is 12.2 Å². The predicted octanol–water partition coefficient (Wildman–Crippen LogP) is 1.16. The highest BCUT2D eigenvalue weighted by Gasteiger charge is 2.14. The molecule has 0 aliphatic heterocycles. The molecule has 0 spiro atoms. The number of ether oxygens (including phenoxy) is 3. The molecule has 6 nitrogen and oxygen atoms in total. The van der Waals surface area contributed by atoms with Gasteiger partial charge >= 0.3 is 0 Å². The third kappa shape index (κ3) is 4.99. The summed E-state index contributed by atoms with van der Waals surface area (Å²) in [5.41, 5.74) is 8.03. The van der Waals surface area contributed by atoms with Crippen LogP contribution in [-0.2, 0) is 9.47 Å². The van der Waals surface area contributed by atoms with Crippen LogP contribution in [0.5, 0.6) is 5.88 Å². The maximum Gasteiger partial charge on any atom is 0.244 e. The summed E-state index contributed by atoms with van der Waals surface area (Å²) >= 11 is 5.03. The third-order valence-corrected chi connectivity index (χ3v) is 2.98. The van der Waals surface area contributed by atoms with E-state index in [1.807, 2.05) is 13.8 Å². The molecule has 0 amide bonds. The molecule has 0 unspecified atom stereocenters. The minimum atomic E-state index is 0.261. The molecular formula is C13H21N3O3S. The van der Waals surface area contributed by atoms with E-state index in [9.17, 15) is 0 Å². The average Bonchev–Trinajstić information content (AvgIpc) is 2.41. The molecule has 1 rings (SSSR count). The molecule has 1 aromatic heterocycles. The van der Waals surface area contributed by atoms with Crippen molar-refractivity contribution in [3.8, 4) is 5.88 Å². The molecule has 0 aliphatic rings. The first-order valence-electron chi connectivity index (χ1n) is 6.41. The fourth-order valence-electron chi connectivity index (χ4n) is 1.58. The summed E-state index contributed by atoms with van der Waals surface area (Å²) in [5, 5.41) is 8.01. The lowest BCUT2D eigenvalue weighted by atomic mass is 10.1. The number of hydrogen-bond donors (Lipinski definition) is 1. The summed E-state index contributed by atoms with van der Waals surface area (Å²) in [6, 6.07) is 0. The van der Waals surface area contributed by atoms with Crippen LogP contribution in [0.15, 0.2) is 0 Å². The average molecular weight is 299 g/mol. The largest absolute Gasteiger partial charge is 0.474 e. The maximum atomic E-state index is 5.71. The fourth-order valence-corrected chi connectivity index (χ4v) is 1.82. The molecule has 20 heavy (non-hydrogen) atoms. The minimum absolute atomic E-state index is 0.261. The van der Waals surface area contributed by atoms with Gasteiger partial charge in [0.15, 0.2) is 0 Å². The number of aryl methyl sites for hydroxylation is 1. The Kier molecular flexibility index (Phi) is 7.35. The predicted molar refractivity (Wildman–Crippen MR) is 80.2 cm³/mol. The van der Waals surface area contributed by atoms with E-state index in [0.717, 1.165) is 17.7 Å². The van der Waals surface area contributed by atoms with Crippen LogP contribution in [0, 0.1) is 13.8 Å². The first-order valence-corrected chi connectivity index (χ1v) is 6.82. The van der Waals surface area contributed by atoms with Gasteiger partial charge in [-0.15, -0.1) is 5.10 Å². The molecule has 0 fully saturated rings. The van der Waals surface area contributed by atoms with Crippen LogP contribution < -0.4 is 10.5 Å². The van der Waals surface area contributed by atoms with E-state index in [4.69, 9.17) is 32.2 Å². The van der Waals surface area contributed by atoms with Gasteiger partial charge in [-0.2, -0.15) is 5.10 Å². The lowest BCUT2D eigenvalue weighted by molar-refractivity contribution is 0.0792. The van der Waals surface area contributed by atoms with Crippen molar-refractivity contribution in [1.82, 2.24) is 10.2 Å². The van der Waals surface area contributed by atoms with Crippen molar-refractivity contribution in [2.45, 2.75) is 20.3 Å². The van der Waals surface area contributed by atoms with E-state index in [0.29, 0.717) is 37.9 Å². The number of hydrogen-bond acceptors (Lipinski definition) is 6. The van der Waals surface area contributed by atoms with Crippen molar-refractivity contribution in [3.63, 3.8) is 0 Å². The minimum Gasteiger partial charge on any atom is -0.474 e. The Morgan fingerprint density at radius 2 is 1.90 bits per heavy atom. The zero-order valence-electron chi connectivity index (χ0n) is 12.1. The number of aromatic nitrogens is 2. The Morgan fingerprint density at radius 1 is 1.15 bits per heavy atom. The van der Waals surface area contributed by atoms with Crippen LogP contribution in [0.4, 0.5) is 0 Å². The highest BCUT2D eigenvalue weighted by Crippen LogP contribution is 2.20. The molecule has 1 aromatic rings. The van der Waals surface area contributed by atoms with Crippen molar-refractivity contribution in [1.29, 1.82) is 0 Å². The SMILES string of the molecule is COCCCOCCOc1nnc(C)c(C)c1C(N)=S. The van der Waals surface area contributed by atoms with Crippen LogP contribution in [0.3, 0.4) is 0 Å². The molecule has 1 heterocycles. The summed E-state index contributed by atoms with van der Waals surface area (Å²) in [6.45, 7) is 5.92. The Morgan fingerprint density at radius 3 is 2.55 bits per heavy atom. The first kappa shape index (κ1) is 16.7. The van der Waals surface area contributed by atoms with E-state index >= 15 is 0 Å². The van der Waals surface area contributed by atoms with Gasteiger partial charge in [0.2, 0.25) is 5.88 Å². The monoisotopic (exact) mass is 299 g/mol. The smallest absolute Gasteiger partial charge is 0.244 e. The highest BCUT2D eigenvalue weighted by atomic mass is 32.1. The van der Waals surface area contributed by atoms with Crippen LogP contribution >= 0.6 is 12.2 Å². The molecule has 7 heteroatoms. The molecule has 0 aliphatic carbocycles. The molecule has 0 atom stereocenters. The van der Waals surface area contributed by atoms with Gasteiger partial charge in [0.1, 0.15) is 11.6 Å². The standard InChI is InChI=1S/C13H21N3O3S/c1-9-10(2)15-16-13(11(9)12(14)20)19-8-7-18-6-4-5-17-3/h4-8H2,1-3H3,(H2,14,20). The number of methoxy groups -OCH3 is 1. The van der Waals surface area contributed by atoms with Gasteiger partial charge in [0.05, 0.1) is 17.9 Å². The maximum absolute atomic E-state index is 5.71. The second-order valence-electron chi connectivity index (χ2n) is 4.26. The second kappa shape index (κ2) is 8.78. The molecule has 2 N–H and O–H groups in total. The highest BCUT2D eigenvalue weighted by molar-refractivity contribution is 7.80. The van der Waals surface area contributed by atoms with Gasteiger partial charge in [0.25, 0.3) is 0 Å². The molecule has 0 radical (unpaired) electrons. The van der Waals surface area contributed by atoms with Crippen LogP contribution in [0.2, 0.25) is 0 Å². The molecule has 0 saturated heterocycles. The second-order valence-corrected chi connectivity index (χ2v) is 4.70. The van der Waals surface area contributed by atoms with Crippen molar-refractivity contribution in [2.75, 3.05) is 33.5 Å². The zero-order chi connectivity index (χ0) is 15.0. The topological polar surface area (TPSA) is 79.5 Å². The molecule has 0 aromatic carbocycles. The summed E-state index contributed by atoms with van der Waals surface area (Å²) < 4.78 is 15.9. The van der Waals surface area contributed by atoms with E-state index in [-0.39, 0.29) is 4.99 Å². The summed E-state index contributed by atoms with van der Waals surface area (Å²) in [6.07, 6.45) is 0.859. The Balaban J connectivity index is 2.48. The number of nitrogens with zero attached hydrogens (tertiary/aromatic N) is 2. The van der Waals surface area contributed by atoms with Crippen molar-refractivity contribution < 1.29 is 14.2 Å². The van der Waals surface area contributed by atoms with Gasteiger partial charge in [-0.25, -0.2) is 0 Å². The van der Waals surface area contributed by atoms with Gasteiger partial charge in [-0.3, -0.25) is 0 Å². The number of rotatable bonds is 9. The van der Waals surface area contributed by atoms with Crippen LogP contribution in [0.1, 0.15) is 23.2 Å². The van der Waals surface area contributed by atoms with Crippen LogP contribution in [-0.4, -0.2) is 48.7 Å². The summed E-state index contributed by atoms with van der Waals surface area (Å²) in [4.78, 5) is 0.261. The molecule has 0 saturated carbocycles. The van der Waals surface area contributed by atoms with Gasteiger partial charge in [-0.05, 0) is 25.8 Å². The van der Waals surface area contributed by atoms with E-state index in [1.165, 1.54) is 0 Å². The quantitative estimate of drug-likeness (QED) is 0.541. The summed E-state index contributed by atoms with van der Waals surface area (Å²) in [5.74, 6) is 0.362. The normalized spacial score (nSPS) is 10.6. The van der Waals surface area contributed by atoms with Crippen molar-refractivity contribution in [3.05, 3.63) is 16.8 Å². The molecule has 0 bridgehead atoms. The van der Waals surface area contributed by atoms with Gasteiger partial charge in [0, 0.05) is 20.3 Å². The summed E-state index contributed by atoms with van der Waals surface area (Å²) in [7, 11) is 1.67. The molecular weight excluding hydrogens is 278 g/mol. The van der Waals surface area contributed by atoms with E-state index in [1.54, 1.807) is 7.11 Å². The molecule has 112 valence electrons. The van der Waals surface area contributed by atoms with Crippen molar-refractivity contribution >= 4 is 17.2 Å². The lowest BCUT2D eigenvalue weighted by Crippen LogP contribution is -2.18. The van der Waals surface area contributed by atoms with Crippen molar-refractivity contribution in [2.24, 2.45) is 5.73 Å². The third-order valence-electron chi connectivity index (χ3n) is 2.77. The fraction of sp³-hybridized carbons (Fsp3) is 0.615. The Bertz CT molecular complexity index is 455.